The van der Waals surface area contributed by atoms with Crippen LogP contribution in [-0.2, 0) is 20.3 Å². The molecule has 10 nitrogen and oxygen atoms in total. The van der Waals surface area contributed by atoms with Crippen LogP contribution in [0, 0.1) is 0 Å². The summed E-state index contributed by atoms with van der Waals surface area (Å²) in [6.45, 7) is 7.24. The van der Waals surface area contributed by atoms with Gasteiger partial charge in [0, 0.05) is 10.8 Å². The number of ether oxygens (including phenoxy) is 2. The molecule has 0 heterocycles. The number of esters is 2. The summed E-state index contributed by atoms with van der Waals surface area (Å²) in [5.74, 6) is -6.37. The zero-order valence-electron chi connectivity index (χ0n) is 21.1. The first-order valence-electron chi connectivity index (χ1n) is 11.7. The van der Waals surface area contributed by atoms with Gasteiger partial charge < -0.3 is 40.1 Å². The maximum atomic E-state index is 13.2. The normalized spacial score (nSPS) is 19.3. The van der Waals surface area contributed by atoms with Crippen molar-refractivity contribution in [1.82, 2.24) is 0 Å². The number of rotatable bonds is 4. The molecule has 0 aliphatic heterocycles. The van der Waals surface area contributed by atoms with Gasteiger partial charge in [-0.05, 0) is 35.4 Å². The van der Waals surface area contributed by atoms with Crippen molar-refractivity contribution in [3.63, 3.8) is 0 Å². The summed E-state index contributed by atoms with van der Waals surface area (Å²) in [7, 11) is 0. The van der Waals surface area contributed by atoms with E-state index in [4.69, 9.17) is 9.47 Å². The van der Waals surface area contributed by atoms with E-state index in [2.05, 4.69) is 0 Å². The minimum Gasteiger partial charge on any atom is -0.504 e. The molecule has 0 amide bonds. The second-order valence-electron chi connectivity index (χ2n) is 10.4. The number of hydrogen-bond donors (Lipinski definition) is 6. The lowest BCUT2D eigenvalue weighted by molar-refractivity contribution is -0.0905. The van der Waals surface area contributed by atoms with Gasteiger partial charge in [-0.1, -0.05) is 52.0 Å². The number of fused-ring (bicyclic) bond motifs is 1. The first-order valence-corrected chi connectivity index (χ1v) is 11.7. The molecular weight excluding hydrogens is 496 g/mol. The van der Waals surface area contributed by atoms with Gasteiger partial charge in [0.15, 0.2) is 34.5 Å². The summed E-state index contributed by atoms with van der Waals surface area (Å²) in [6.07, 6.45) is -2.19. The van der Waals surface area contributed by atoms with Gasteiger partial charge in [-0.3, -0.25) is 0 Å². The average Bonchev–Trinajstić information content (AvgIpc) is 2.86. The third-order valence-electron chi connectivity index (χ3n) is 7.09. The summed E-state index contributed by atoms with van der Waals surface area (Å²) in [6, 6.07) is 11.2. The van der Waals surface area contributed by atoms with E-state index in [1.54, 1.807) is 0 Å². The van der Waals surface area contributed by atoms with Crippen LogP contribution in [-0.4, -0.2) is 54.8 Å². The fraction of sp³-hybridized carbons (Fsp3) is 0.286. The maximum Gasteiger partial charge on any atom is 0.338 e. The fourth-order valence-electron chi connectivity index (χ4n) is 4.90. The molecule has 0 saturated heterocycles. The number of carbonyl (C=O) groups excluding carboxylic acids is 2. The number of phenolic OH excluding ortho intramolecular Hbond substituents is 6. The van der Waals surface area contributed by atoms with E-state index in [9.17, 15) is 40.2 Å². The van der Waals surface area contributed by atoms with E-state index in [0.717, 1.165) is 35.4 Å². The molecule has 0 saturated carbocycles. The molecule has 38 heavy (non-hydrogen) atoms. The van der Waals surface area contributed by atoms with Gasteiger partial charge in [0.05, 0.1) is 11.1 Å². The van der Waals surface area contributed by atoms with Crippen molar-refractivity contribution in [2.75, 3.05) is 0 Å². The standard InChI is InChI=1S/C28H28O10/c1-27(2)15-7-5-6-8-16(15)28(3,4)24(38-26(36)14-11-19(31)22(34)20(32)12-14)23(27)37-25(35)13-9-17(29)21(33)18(30)10-13/h5-12,23-24,29-34H,1-4H3. The third kappa shape index (κ3) is 4.27. The summed E-state index contributed by atoms with van der Waals surface area (Å²) in [4.78, 5) is 26.4. The summed E-state index contributed by atoms with van der Waals surface area (Å²) < 4.78 is 11.8. The van der Waals surface area contributed by atoms with Crippen molar-refractivity contribution in [2.45, 2.75) is 50.7 Å². The van der Waals surface area contributed by atoms with Crippen LogP contribution in [0.4, 0.5) is 0 Å². The highest BCUT2D eigenvalue weighted by Crippen LogP contribution is 2.49. The van der Waals surface area contributed by atoms with Crippen LogP contribution >= 0.6 is 0 Å². The van der Waals surface area contributed by atoms with Crippen LogP contribution < -0.4 is 0 Å². The Labute approximate surface area is 218 Å². The molecule has 0 radical (unpaired) electrons. The van der Waals surface area contributed by atoms with E-state index in [1.165, 1.54) is 0 Å². The highest BCUT2D eigenvalue weighted by molar-refractivity contribution is 5.92. The highest BCUT2D eigenvalue weighted by Gasteiger charge is 2.55. The van der Waals surface area contributed by atoms with Crippen LogP contribution in [0.1, 0.15) is 59.5 Å². The number of carbonyl (C=O) groups is 2. The van der Waals surface area contributed by atoms with E-state index in [1.807, 2.05) is 52.0 Å². The van der Waals surface area contributed by atoms with Crippen LogP contribution in [0.2, 0.25) is 0 Å². The minimum absolute atomic E-state index is 0.247. The molecule has 4 rings (SSSR count). The van der Waals surface area contributed by atoms with E-state index in [-0.39, 0.29) is 11.1 Å². The number of phenols is 6. The van der Waals surface area contributed by atoms with Gasteiger partial charge >= 0.3 is 11.9 Å². The molecule has 0 aromatic heterocycles. The molecule has 0 fully saturated rings. The molecule has 1 aliphatic carbocycles. The Morgan fingerprint density at radius 1 is 0.605 bits per heavy atom. The lowest BCUT2D eigenvalue weighted by Crippen LogP contribution is -2.59. The van der Waals surface area contributed by atoms with Gasteiger partial charge in [0.1, 0.15) is 12.2 Å². The lowest BCUT2D eigenvalue weighted by atomic mass is 9.59. The van der Waals surface area contributed by atoms with Crippen molar-refractivity contribution < 1.29 is 49.7 Å². The summed E-state index contributed by atoms with van der Waals surface area (Å²) >= 11 is 0. The molecule has 10 heteroatoms. The van der Waals surface area contributed by atoms with Gasteiger partial charge in [-0.15, -0.1) is 0 Å². The molecule has 6 N–H and O–H groups in total. The Morgan fingerprint density at radius 3 is 1.18 bits per heavy atom. The highest BCUT2D eigenvalue weighted by atomic mass is 16.6. The van der Waals surface area contributed by atoms with E-state index >= 15 is 0 Å². The van der Waals surface area contributed by atoms with Crippen molar-refractivity contribution in [2.24, 2.45) is 0 Å². The first-order chi connectivity index (χ1) is 17.7. The monoisotopic (exact) mass is 524 g/mol. The molecule has 3 aromatic rings. The van der Waals surface area contributed by atoms with Crippen molar-refractivity contribution in [3.05, 3.63) is 70.8 Å². The second kappa shape index (κ2) is 9.05. The maximum absolute atomic E-state index is 13.2. The topological polar surface area (TPSA) is 174 Å². The number of aromatic hydroxyl groups is 6. The van der Waals surface area contributed by atoms with Crippen molar-refractivity contribution in [3.8, 4) is 34.5 Å². The average molecular weight is 525 g/mol. The van der Waals surface area contributed by atoms with Gasteiger partial charge in [0.2, 0.25) is 0 Å². The number of hydrogen-bond acceptors (Lipinski definition) is 10. The molecular formula is C28H28O10. The Kier molecular flexibility index (Phi) is 6.30. The van der Waals surface area contributed by atoms with Gasteiger partial charge in [-0.2, -0.15) is 0 Å². The van der Waals surface area contributed by atoms with E-state index < -0.39 is 69.5 Å². The zero-order chi connectivity index (χ0) is 28.2. The van der Waals surface area contributed by atoms with Gasteiger partial charge in [-0.25, -0.2) is 9.59 Å². The Morgan fingerprint density at radius 2 is 0.895 bits per heavy atom. The summed E-state index contributed by atoms with van der Waals surface area (Å²) in [5, 5.41) is 58.7. The molecule has 2 atom stereocenters. The van der Waals surface area contributed by atoms with Crippen LogP contribution in [0.25, 0.3) is 0 Å². The van der Waals surface area contributed by atoms with Crippen molar-refractivity contribution in [1.29, 1.82) is 0 Å². The molecule has 2 unspecified atom stereocenters. The number of benzene rings is 3. The van der Waals surface area contributed by atoms with Crippen LogP contribution in [0.5, 0.6) is 34.5 Å². The van der Waals surface area contributed by atoms with Gasteiger partial charge in [0.25, 0.3) is 0 Å². The minimum atomic E-state index is -1.10. The zero-order valence-corrected chi connectivity index (χ0v) is 21.1. The second-order valence-corrected chi connectivity index (χ2v) is 10.4. The molecule has 3 aromatic carbocycles. The quantitative estimate of drug-likeness (QED) is 0.217. The van der Waals surface area contributed by atoms with Crippen LogP contribution in [0.3, 0.4) is 0 Å². The largest absolute Gasteiger partial charge is 0.504 e. The smallest absolute Gasteiger partial charge is 0.338 e. The van der Waals surface area contributed by atoms with E-state index in [0.29, 0.717) is 0 Å². The van der Waals surface area contributed by atoms with Crippen LogP contribution in [0.15, 0.2) is 48.5 Å². The third-order valence-corrected chi connectivity index (χ3v) is 7.09. The predicted molar refractivity (Wildman–Crippen MR) is 134 cm³/mol. The molecule has 200 valence electrons. The Balaban J connectivity index is 1.79. The SMILES string of the molecule is CC1(C)c2ccccc2C(C)(C)C(OC(=O)c2cc(O)c(O)c(O)c2)C1OC(=O)c1cc(O)c(O)c(O)c1. The van der Waals surface area contributed by atoms with Crippen molar-refractivity contribution >= 4 is 11.9 Å². The Hall–Kier alpha value is -4.60. The predicted octanol–water partition coefficient (Wildman–Crippen LogP) is 3.94. The fourth-order valence-corrected chi connectivity index (χ4v) is 4.90. The lowest BCUT2D eigenvalue weighted by Gasteiger charge is -2.51. The first kappa shape index (κ1) is 26.5. The summed E-state index contributed by atoms with van der Waals surface area (Å²) in [5.41, 5.74) is -0.634. The Bertz CT molecular complexity index is 1280. The molecule has 0 spiro atoms. The molecule has 1 aliphatic rings. The molecule has 0 bridgehead atoms.